The molecule has 0 aliphatic carbocycles. The van der Waals surface area contributed by atoms with E-state index in [2.05, 4.69) is 0 Å². The Hall–Kier alpha value is -1.49. The molecule has 0 radical (unpaired) electrons. The molecule has 0 atom stereocenters. The minimum absolute atomic E-state index is 0.0324. The maximum Gasteiger partial charge on any atom is 0.186 e. The lowest BCUT2D eigenvalue weighted by Crippen LogP contribution is -1.95. The number of thioether (sulfide) groups is 1. The molecule has 2 N–H and O–H groups in total. The van der Waals surface area contributed by atoms with E-state index in [1.54, 1.807) is 12.2 Å². The highest BCUT2D eigenvalue weighted by Crippen LogP contribution is 2.25. The minimum atomic E-state index is -0.410. The van der Waals surface area contributed by atoms with Crippen molar-refractivity contribution in [2.24, 2.45) is 0 Å². The number of carbonyl (C=O) groups excluding carboxylic acids is 1. The van der Waals surface area contributed by atoms with E-state index in [4.69, 9.17) is 10.5 Å². The zero-order chi connectivity index (χ0) is 12.8. The fraction of sp³-hybridized carbons (Fsp3) is 0.250. The van der Waals surface area contributed by atoms with Gasteiger partial charge in [0.25, 0.3) is 0 Å². The summed E-state index contributed by atoms with van der Waals surface area (Å²) in [6, 6.07) is 2.75. The number of hydrogen-bond acceptors (Lipinski definition) is 4. The first-order valence-corrected chi connectivity index (χ1v) is 5.96. The third-order valence-corrected chi connectivity index (χ3v) is 2.79. The molecule has 0 heterocycles. The van der Waals surface area contributed by atoms with Crippen LogP contribution in [0.4, 0.5) is 10.1 Å². The van der Waals surface area contributed by atoms with Crippen molar-refractivity contribution in [2.75, 3.05) is 18.6 Å². The van der Waals surface area contributed by atoms with Crippen LogP contribution in [0.2, 0.25) is 0 Å². The SMILES string of the molecule is COc1cc(C=CCSC(C)=O)c(F)cc1N. The van der Waals surface area contributed by atoms with Crippen LogP contribution in [-0.4, -0.2) is 18.0 Å². The molecule has 92 valence electrons. The summed E-state index contributed by atoms with van der Waals surface area (Å²) in [5.41, 5.74) is 6.21. The van der Waals surface area contributed by atoms with Gasteiger partial charge in [0.05, 0.1) is 12.8 Å². The molecular weight excluding hydrogens is 241 g/mol. The Morgan fingerprint density at radius 2 is 2.29 bits per heavy atom. The lowest BCUT2D eigenvalue weighted by Gasteiger charge is -2.06. The molecule has 1 aromatic carbocycles. The molecule has 0 aliphatic rings. The van der Waals surface area contributed by atoms with Crippen molar-refractivity contribution < 1.29 is 13.9 Å². The van der Waals surface area contributed by atoms with Gasteiger partial charge in [0.15, 0.2) is 5.12 Å². The number of carbonyl (C=O) groups is 1. The van der Waals surface area contributed by atoms with Crippen LogP contribution < -0.4 is 10.5 Å². The normalized spacial score (nSPS) is 10.8. The van der Waals surface area contributed by atoms with E-state index >= 15 is 0 Å². The van der Waals surface area contributed by atoms with Gasteiger partial charge in [-0.1, -0.05) is 23.9 Å². The minimum Gasteiger partial charge on any atom is -0.495 e. The summed E-state index contributed by atoms with van der Waals surface area (Å²) >= 11 is 1.17. The molecule has 0 spiro atoms. The van der Waals surface area contributed by atoms with Gasteiger partial charge in [-0.15, -0.1) is 0 Å². The highest BCUT2D eigenvalue weighted by Gasteiger charge is 2.05. The average molecular weight is 255 g/mol. The summed E-state index contributed by atoms with van der Waals surface area (Å²) in [6.07, 6.45) is 3.33. The number of ether oxygens (including phenoxy) is 1. The number of nitrogens with two attached hydrogens (primary N) is 1. The standard InChI is InChI=1S/C12H14FNO2S/c1-8(15)17-5-3-4-9-6-12(16-2)11(14)7-10(9)13/h3-4,6-7H,5,14H2,1-2H3. The van der Waals surface area contributed by atoms with Gasteiger partial charge in [-0.25, -0.2) is 4.39 Å². The van der Waals surface area contributed by atoms with E-state index in [0.717, 1.165) is 0 Å². The second kappa shape index (κ2) is 6.30. The van der Waals surface area contributed by atoms with Gasteiger partial charge in [0.1, 0.15) is 11.6 Å². The van der Waals surface area contributed by atoms with E-state index in [0.29, 0.717) is 17.1 Å². The van der Waals surface area contributed by atoms with Crippen LogP contribution in [0.15, 0.2) is 18.2 Å². The van der Waals surface area contributed by atoms with Crippen LogP contribution in [0.1, 0.15) is 12.5 Å². The summed E-state index contributed by atoms with van der Waals surface area (Å²) in [5, 5.41) is 0.0324. The Morgan fingerprint density at radius 1 is 1.59 bits per heavy atom. The van der Waals surface area contributed by atoms with Gasteiger partial charge in [-0.2, -0.15) is 0 Å². The molecule has 1 rings (SSSR count). The lowest BCUT2D eigenvalue weighted by molar-refractivity contribution is -0.109. The first kappa shape index (κ1) is 13.6. The van der Waals surface area contributed by atoms with Crippen LogP contribution in [0.3, 0.4) is 0 Å². The van der Waals surface area contributed by atoms with Gasteiger partial charge in [0.2, 0.25) is 0 Å². The number of nitrogen functional groups attached to an aromatic ring is 1. The summed E-state index contributed by atoms with van der Waals surface area (Å²) in [7, 11) is 1.47. The van der Waals surface area contributed by atoms with Crippen molar-refractivity contribution in [3.05, 3.63) is 29.6 Å². The van der Waals surface area contributed by atoms with E-state index in [1.807, 2.05) is 0 Å². The predicted molar refractivity (Wildman–Crippen MR) is 69.5 cm³/mol. The van der Waals surface area contributed by atoms with Crippen molar-refractivity contribution in [2.45, 2.75) is 6.92 Å². The highest BCUT2D eigenvalue weighted by molar-refractivity contribution is 8.13. The van der Waals surface area contributed by atoms with Crippen LogP contribution in [0.25, 0.3) is 6.08 Å². The summed E-state index contributed by atoms with van der Waals surface area (Å²) in [5.74, 6) is 0.541. The molecule has 0 amide bonds. The Kier molecular flexibility index (Phi) is 5.03. The summed E-state index contributed by atoms with van der Waals surface area (Å²) < 4.78 is 18.5. The average Bonchev–Trinajstić information content (AvgIpc) is 2.26. The van der Waals surface area contributed by atoms with Gasteiger partial charge in [0, 0.05) is 24.3 Å². The van der Waals surface area contributed by atoms with Crippen molar-refractivity contribution in [3.63, 3.8) is 0 Å². The van der Waals surface area contributed by atoms with E-state index in [-0.39, 0.29) is 10.8 Å². The van der Waals surface area contributed by atoms with Crippen molar-refractivity contribution in [1.82, 2.24) is 0 Å². The van der Waals surface area contributed by atoms with Gasteiger partial charge in [-0.05, 0) is 6.07 Å². The van der Waals surface area contributed by atoms with Crippen molar-refractivity contribution in [1.29, 1.82) is 0 Å². The number of anilines is 1. The fourth-order valence-corrected chi connectivity index (χ4v) is 1.66. The van der Waals surface area contributed by atoms with Gasteiger partial charge < -0.3 is 10.5 Å². The first-order valence-electron chi connectivity index (χ1n) is 4.97. The third kappa shape index (κ3) is 4.11. The smallest absolute Gasteiger partial charge is 0.186 e. The molecule has 0 saturated heterocycles. The second-order valence-electron chi connectivity index (χ2n) is 3.32. The zero-order valence-electron chi connectivity index (χ0n) is 9.70. The van der Waals surface area contributed by atoms with E-state index in [9.17, 15) is 9.18 Å². The van der Waals surface area contributed by atoms with E-state index < -0.39 is 5.82 Å². The number of benzene rings is 1. The molecule has 5 heteroatoms. The zero-order valence-corrected chi connectivity index (χ0v) is 10.5. The van der Waals surface area contributed by atoms with Crippen LogP contribution in [-0.2, 0) is 4.79 Å². The maximum atomic E-state index is 13.5. The molecule has 0 aliphatic heterocycles. The molecular formula is C12H14FNO2S. The molecule has 3 nitrogen and oxygen atoms in total. The number of rotatable bonds is 4. The Morgan fingerprint density at radius 3 is 2.88 bits per heavy atom. The van der Waals surface area contributed by atoms with Crippen molar-refractivity contribution in [3.8, 4) is 5.75 Å². The molecule has 17 heavy (non-hydrogen) atoms. The molecule has 1 aromatic rings. The maximum absolute atomic E-state index is 13.5. The summed E-state index contributed by atoms with van der Waals surface area (Å²) in [4.78, 5) is 10.7. The molecule has 0 bridgehead atoms. The van der Waals surface area contributed by atoms with Crippen molar-refractivity contribution >= 4 is 28.6 Å². The molecule has 0 fully saturated rings. The van der Waals surface area contributed by atoms with Gasteiger partial charge >= 0.3 is 0 Å². The molecule has 0 unspecified atom stereocenters. The Labute approximate surface area is 104 Å². The molecule has 0 saturated carbocycles. The topological polar surface area (TPSA) is 52.3 Å². The van der Waals surface area contributed by atoms with Crippen LogP contribution in [0.5, 0.6) is 5.75 Å². The lowest BCUT2D eigenvalue weighted by atomic mass is 10.1. The largest absolute Gasteiger partial charge is 0.495 e. The van der Waals surface area contributed by atoms with Crippen LogP contribution in [0, 0.1) is 5.82 Å². The Bertz CT molecular complexity index is 446. The summed E-state index contributed by atoms with van der Waals surface area (Å²) in [6.45, 7) is 1.49. The quantitative estimate of drug-likeness (QED) is 0.840. The molecule has 0 aromatic heterocycles. The second-order valence-corrected chi connectivity index (χ2v) is 4.52. The fourth-order valence-electron chi connectivity index (χ4n) is 1.23. The highest BCUT2D eigenvalue weighted by atomic mass is 32.2. The Balaban J connectivity index is 2.80. The van der Waals surface area contributed by atoms with E-state index in [1.165, 1.54) is 37.9 Å². The third-order valence-electron chi connectivity index (χ3n) is 2.03. The number of halogens is 1. The number of hydrogen-bond donors (Lipinski definition) is 1. The predicted octanol–water partition coefficient (Wildman–Crippen LogP) is 2.71. The first-order chi connectivity index (χ1) is 8.04. The number of methoxy groups -OCH3 is 1. The van der Waals surface area contributed by atoms with Gasteiger partial charge in [-0.3, -0.25) is 4.79 Å². The monoisotopic (exact) mass is 255 g/mol. The van der Waals surface area contributed by atoms with Crippen LogP contribution >= 0.6 is 11.8 Å².